The lowest BCUT2D eigenvalue weighted by molar-refractivity contribution is -0.142. The summed E-state index contributed by atoms with van der Waals surface area (Å²) in [5.41, 5.74) is -0.991. The summed E-state index contributed by atoms with van der Waals surface area (Å²) in [4.78, 5) is 46.2. The molecule has 1 heterocycles. The van der Waals surface area contributed by atoms with Gasteiger partial charge in [0, 0.05) is 46.1 Å². The molecular formula is C23H35FN4O3. The van der Waals surface area contributed by atoms with E-state index in [1.165, 1.54) is 23.1 Å². The maximum Gasteiger partial charge on any atom is 0.240 e. The maximum atomic E-state index is 14.0. The first kappa shape index (κ1) is 24.9. The first-order valence-electron chi connectivity index (χ1n) is 10.9. The van der Waals surface area contributed by atoms with E-state index in [4.69, 9.17) is 0 Å². The van der Waals surface area contributed by atoms with Crippen LogP contribution in [0.15, 0.2) is 24.3 Å². The Morgan fingerprint density at radius 2 is 1.77 bits per heavy atom. The Bertz CT molecular complexity index is 797. The van der Waals surface area contributed by atoms with Gasteiger partial charge >= 0.3 is 0 Å². The van der Waals surface area contributed by atoms with Gasteiger partial charge in [-0.2, -0.15) is 0 Å². The quantitative estimate of drug-likeness (QED) is 0.495. The van der Waals surface area contributed by atoms with Gasteiger partial charge in [0.15, 0.2) is 0 Å². The average Bonchev–Trinajstić information content (AvgIpc) is 2.97. The molecule has 0 saturated carbocycles. The number of imide groups is 1. The van der Waals surface area contributed by atoms with Crippen molar-refractivity contribution >= 4 is 17.7 Å². The highest BCUT2D eigenvalue weighted by Gasteiger charge is 2.53. The van der Waals surface area contributed by atoms with Crippen molar-refractivity contribution < 1.29 is 18.8 Å². The van der Waals surface area contributed by atoms with Gasteiger partial charge in [0.05, 0.1) is 5.41 Å². The molecule has 8 heteroatoms. The van der Waals surface area contributed by atoms with Crippen molar-refractivity contribution in [2.45, 2.75) is 32.1 Å². The molecule has 1 fully saturated rings. The molecule has 1 atom stereocenters. The van der Waals surface area contributed by atoms with Crippen molar-refractivity contribution in [3.63, 3.8) is 0 Å². The normalized spacial score (nSPS) is 19.0. The van der Waals surface area contributed by atoms with Crippen molar-refractivity contribution in [2.75, 3.05) is 60.4 Å². The molecule has 0 bridgehead atoms. The van der Waals surface area contributed by atoms with E-state index >= 15 is 0 Å². The SMILES string of the molecule is CCN(CC)CCN(C)C(=O)C[C@@]1(c2cccc(F)c2)CC(=O)N(CCN(C)C)C1=O. The lowest BCUT2D eigenvalue weighted by atomic mass is 9.75. The Hall–Kier alpha value is -2.32. The Morgan fingerprint density at radius 1 is 1.10 bits per heavy atom. The highest BCUT2D eigenvalue weighted by molar-refractivity contribution is 6.10. The number of carbonyl (C=O) groups excluding carboxylic acids is 3. The standard InChI is InChI=1S/C23H35FN4O3/c1-6-27(7-2)13-12-26(5)20(29)16-23(18-9-8-10-19(24)15-18)17-21(30)28(22(23)31)14-11-25(3)4/h8-10,15H,6-7,11-14,16-17H2,1-5H3/t23-/m0/s1. The van der Waals surface area contributed by atoms with Gasteiger partial charge < -0.3 is 14.7 Å². The van der Waals surface area contributed by atoms with Crippen LogP contribution in [0.25, 0.3) is 0 Å². The molecule has 0 unspecified atom stereocenters. The van der Waals surface area contributed by atoms with Crippen molar-refractivity contribution in [1.82, 2.24) is 19.6 Å². The molecule has 0 radical (unpaired) electrons. The first-order valence-corrected chi connectivity index (χ1v) is 10.9. The van der Waals surface area contributed by atoms with Crippen molar-refractivity contribution in [2.24, 2.45) is 0 Å². The number of likely N-dealkylation sites (tertiary alicyclic amines) is 1. The van der Waals surface area contributed by atoms with Gasteiger partial charge in [-0.15, -0.1) is 0 Å². The zero-order valence-corrected chi connectivity index (χ0v) is 19.4. The van der Waals surface area contributed by atoms with E-state index in [0.29, 0.717) is 18.7 Å². The summed E-state index contributed by atoms with van der Waals surface area (Å²) in [6, 6.07) is 5.71. The molecule has 0 N–H and O–H groups in total. The van der Waals surface area contributed by atoms with Crippen molar-refractivity contribution in [3.05, 3.63) is 35.6 Å². The third-order valence-corrected chi connectivity index (χ3v) is 6.08. The molecule has 1 aliphatic rings. The van der Waals surface area contributed by atoms with Crippen LogP contribution in [0.3, 0.4) is 0 Å². The fraction of sp³-hybridized carbons (Fsp3) is 0.609. The molecule has 3 amide bonds. The van der Waals surface area contributed by atoms with Crippen LogP contribution < -0.4 is 0 Å². The molecular weight excluding hydrogens is 399 g/mol. The lowest BCUT2D eigenvalue weighted by Gasteiger charge is -2.30. The zero-order chi connectivity index (χ0) is 23.2. The number of hydrogen-bond donors (Lipinski definition) is 0. The smallest absolute Gasteiger partial charge is 0.240 e. The molecule has 172 valence electrons. The lowest BCUT2D eigenvalue weighted by Crippen LogP contribution is -2.45. The van der Waals surface area contributed by atoms with Crippen LogP contribution in [0, 0.1) is 5.82 Å². The molecule has 7 nitrogen and oxygen atoms in total. The molecule has 2 rings (SSSR count). The van der Waals surface area contributed by atoms with E-state index in [2.05, 4.69) is 18.7 Å². The number of amides is 3. The zero-order valence-electron chi connectivity index (χ0n) is 19.4. The third-order valence-electron chi connectivity index (χ3n) is 6.08. The number of halogens is 1. The number of carbonyl (C=O) groups is 3. The molecule has 0 aromatic heterocycles. The number of nitrogens with zero attached hydrogens (tertiary/aromatic N) is 4. The van der Waals surface area contributed by atoms with Crippen LogP contribution in [0.5, 0.6) is 0 Å². The topological polar surface area (TPSA) is 64.2 Å². The minimum atomic E-state index is -1.37. The van der Waals surface area contributed by atoms with E-state index in [-0.39, 0.29) is 31.2 Å². The summed E-state index contributed by atoms with van der Waals surface area (Å²) in [6.45, 7) is 7.92. The largest absolute Gasteiger partial charge is 0.344 e. The summed E-state index contributed by atoms with van der Waals surface area (Å²) in [5.74, 6) is -1.47. The first-order chi connectivity index (χ1) is 14.6. The highest BCUT2D eigenvalue weighted by atomic mass is 19.1. The van der Waals surface area contributed by atoms with E-state index in [1.807, 2.05) is 19.0 Å². The van der Waals surface area contributed by atoms with Crippen LogP contribution in [0.1, 0.15) is 32.3 Å². The van der Waals surface area contributed by atoms with Gasteiger partial charge in [0.2, 0.25) is 17.7 Å². The van der Waals surface area contributed by atoms with E-state index in [9.17, 15) is 18.8 Å². The fourth-order valence-electron chi connectivity index (χ4n) is 3.93. The van der Waals surface area contributed by atoms with Crippen LogP contribution in [-0.2, 0) is 19.8 Å². The predicted octanol–water partition coefficient (Wildman–Crippen LogP) is 1.57. The predicted molar refractivity (Wildman–Crippen MR) is 118 cm³/mol. The molecule has 0 spiro atoms. The molecule has 1 aromatic rings. The van der Waals surface area contributed by atoms with Gasteiger partial charge in [-0.25, -0.2) is 4.39 Å². The monoisotopic (exact) mass is 434 g/mol. The van der Waals surface area contributed by atoms with Crippen molar-refractivity contribution in [3.8, 4) is 0 Å². The summed E-state index contributed by atoms with van der Waals surface area (Å²) >= 11 is 0. The maximum absolute atomic E-state index is 14.0. The third kappa shape index (κ3) is 5.89. The van der Waals surface area contributed by atoms with Gasteiger partial charge in [-0.1, -0.05) is 26.0 Å². The summed E-state index contributed by atoms with van der Waals surface area (Å²) in [6.07, 6.45) is -0.285. The van der Waals surface area contributed by atoms with Crippen LogP contribution in [0.4, 0.5) is 4.39 Å². The van der Waals surface area contributed by atoms with Crippen LogP contribution in [-0.4, -0.2) is 97.7 Å². The average molecular weight is 435 g/mol. The highest BCUT2D eigenvalue weighted by Crippen LogP contribution is 2.40. The molecule has 31 heavy (non-hydrogen) atoms. The Balaban J connectivity index is 2.29. The van der Waals surface area contributed by atoms with Crippen molar-refractivity contribution in [1.29, 1.82) is 0 Å². The fourth-order valence-corrected chi connectivity index (χ4v) is 3.93. The number of hydrogen-bond acceptors (Lipinski definition) is 5. The second-order valence-electron chi connectivity index (χ2n) is 8.44. The van der Waals surface area contributed by atoms with Crippen LogP contribution in [0.2, 0.25) is 0 Å². The minimum absolute atomic E-state index is 0.127. The van der Waals surface area contributed by atoms with Gasteiger partial charge in [-0.05, 0) is 44.9 Å². The van der Waals surface area contributed by atoms with Gasteiger partial charge in [0.1, 0.15) is 5.82 Å². The summed E-state index contributed by atoms with van der Waals surface area (Å²) < 4.78 is 14.0. The number of benzene rings is 1. The van der Waals surface area contributed by atoms with E-state index < -0.39 is 17.1 Å². The Morgan fingerprint density at radius 3 is 2.35 bits per heavy atom. The molecule has 0 aliphatic carbocycles. The van der Waals surface area contributed by atoms with Gasteiger partial charge in [-0.3, -0.25) is 19.3 Å². The second-order valence-corrected chi connectivity index (χ2v) is 8.44. The van der Waals surface area contributed by atoms with E-state index in [0.717, 1.165) is 19.6 Å². The Kier molecular flexibility index (Phi) is 8.70. The number of rotatable bonds is 11. The minimum Gasteiger partial charge on any atom is -0.344 e. The van der Waals surface area contributed by atoms with Crippen LogP contribution >= 0.6 is 0 Å². The van der Waals surface area contributed by atoms with Gasteiger partial charge in [0.25, 0.3) is 0 Å². The molecule has 1 aromatic carbocycles. The Labute approximate surface area is 184 Å². The molecule has 1 aliphatic heterocycles. The second kappa shape index (κ2) is 10.8. The summed E-state index contributed by atoms with van der Waals surface area (Å²) in [7, 11) is 5.43. The summed E-state index contributed by atoms with van der Waals surface area (Å²) in [5, 5.41) is 0. The van der Waals surface area contributed by atoms with E-state index in [1.54, 1.807) is 18.0 Å². The number of likely N-dealkylation sites (N-methyl/N-ethyl adjacent to an activating group) is 3. The molecule has 1 saturated heterocycles.